The van der Waals surface area contributed by atoms with E-state index in [1.165, 1.54) is 19.3 Å². The fourth-order valence-electron chi connectivity index (χ4n) is 4.94. The molecular weight excluding hydrogens is 402 g/mol. The highest BCUT2D eigenvalue weighted by atomic mass is 16.5. The van der Waals surface area contributed by atoms with Gasteiger partial charge in [-0.1, -0.05) is 37.5 Å². The van der Waals surface area contributed by atoms with Gasteiger partial charge < -0.3 is 19.5 Å². The summed E-state index contributed by atoms with van der Waals surface area (Å²) in [7, 11) is 0. The topological polar surface area (TPSA) is 72.3 Å². The third-order valence-electron chi connectivity index (χ3n) is 6.64. The van der Waals surface area contributed by atoms with Crippen LogP contribution in [0.1, 0.15) is 50.8 Å². The molecule has 1 aliphatic carbocycles. The molecule has 1 saturated carbocycles. The summed E-state index contributed by atoms with van der Waals surface area (Å²) in [5, 5.41) is 3.38. The van der Waals surface area contributed by atoms with Crippen LogP contribution < -0.4 is 5.32 Å². The Labute approximate surface area is 188 Å². The minimum Gasteiger partial charge on any atom is -0.368 e. The fourth-order valence-corrected chi connectivity index (χ4v) is 4.94. The molecule has 1 aliphatic heterocycles. The number of fused-ring (bicyclic) bond motifs is 1. The van der Waals surface area contributed by atoms with Crippen LogP contribution in [0.3, 0.4) is 0 Å². The Morgan fingerprint density at radius 3 is 2.78 bits per heavy atom. The van der Waals surface area contributed by atoms with E-state index < -0.39 is 0 Å². The summed E-state index contributed by atoms with van der Waals surface area (Å²) in [4.78, 5) is 24.6. The molecule has 0 spiro atoms. The van der Waals surface area contributed by atoms with Gasteiger partial charge in [-0.25, -0.2) is 9.97 Å². The predicted molar refractivity (Wildman–Crippen MR) is 125 cm³/mol. The van der Waals surface area contributed by atoms with Crippen LogP contribution >= 0.6 is 0 Å². The Kier molecular flexibility index (Phi) is 6.08. The summed E-state index contributed by atoms with van der Waals surface area (Å²) >= 11 is 0. The minimum atomic E-state index is -0.206. The normalized spacial score (nSPS) is 19.9. The van der Waals surface area contributed by atoms with E-state index >= 15 is 0 Å². The molecule has 0 bridgehead atoms. The van der Waals surface area contributed by atoms with E-state index in [1.807, 2.05) is 41.3 Å². The molecule has 5 rings (SSSR count). The summed E-state index contributed by atoms with van der Waals surface area (Å²) in [6.07, 6.45) is 5.44. The van der Waals surface area contributed by atoms with E-state index in [1.54, 1.807) is 0 Å². The molecule has 3 heterocycles. The molecule has 1 amide bonds. The Balaban J connectivity index is 1.32. The molecule has 1 aromatic carbocycles. The third kappa shape index (κ3) is 4.21. The first-order valence-corrected chi connectivity index (χ1v) is 11.8. The summed E-state index contributed by atoms with van der Waals surface area (Å²) < 4.78 is 8.17. The number of carbonyl (C=O) groups excluding carboxylic acids is 1. The summed E-state index contributed by atoms with van der Waals surface area (Å²) in [5.41, 5.74) is 2.90. The highest BCUT2D eigenvalue weighted by molar-refractivity contribution is 5.80. The van der Waals surface area contributed by atoms with E-state index in [9.17, 15) is 4.79 Å². The number of amides is 1. The van der Waals surface area contributed by atoms with Gasteiger partial charge in [-0.15, -0.1) is 0 Å². The van der Waals surface area contributed by atoms with E-state index in [-0.39, 0.29) is 12.0 Å². The number of carbonyl (C=O) groups is 1. The van der Waals surface area contributed by atoms with Crippen LogP contribution in [0.5, 0.6) is 0 Å². The second-order valence-corrected chi connectivity index (χ2v) is 8.72. The van der Waals surface area contributed by atoms with Gasteiger partial charge in [0.2, 0.25) is 11.9 Å². The Morgan fingerprint density at radius 1 is 1.09 bits per heavy atom. The van der Waals surface area contributed by atoms with Crippen LogP contribution in [0.25, 0.3) is 11.0 Å². The lowest BCUT2D eigenvalue weighted by atomic mass is 9.88. The number of aryl methyl sites for hydroxylation is 1. The van der Waals surface area contributed by atoms with Crippen LogP contribution in [0.2, 0.25) is 0 Å². The number of hydrogen-bond acceptors (Lipinski definition) is 5. The number of pyridine rings is 1. The number of para-hydroxylation sites is 2. The lowest BCUT2D eigenvalue weighted by Crippen LogP contribution is -2.45. The average Bonchev–Trinajstić information content (AvgIpc) is 3.21. The molecule has 2 fully saturated rings. The first-order chi connectivity index (χ1) is 15.7. The van der Waals surface area contributed by atoms with Crippen molar-refractivity contribution in [3.05, 3.63) is 48.2 Å². The molecule has 1 saturated heterocycles. The molecule has 2 aromatic heterocycles. The van der Waals surface area contributed by atoms with Crippen molar-refractivity contribution in [1.82, 2.24) is 19.4 Å². The molecule has 32 heavy (non-hydrogen) atoms. The molecule has 1 N–H and O–H groups in total. The van der Waals surface area contributed by atoms with E-state index in [0.717, 1.165) is 47.9 Å². The number of nitrogens with zero attached hydrogens (tertiary/aromatic N) is 4. The summed E-state index contributed by atoms with van der Waals surface area (Å²) in [5.74, 6) is 1.98. The molecular formula is C25H31N5O2. The van der Waals surface area contributed by atoms with Gasteiger partial charge in [0.1, 0.15) is 11.9 Å². The molecule has 2 aliphatic rings. The number of imidazole rings is 1. The van der Waals surface area contributed by atoms with Crippen molar-refractivity contribution in [1.29, 1.82) is 0 Å². The highest BCUT2D eigenvalue weighted by Crippen LogP contribution is 2.29. The minimum absolute atomic E-state index is 0.186. The molecule has 7 heteroatoms. The largest absolute Gasteiger partial charge is 0.368 e. The maximum Gasteiger partial charge on any atom is 0.225 e. The van der Waals surface area contributed by atoms with Gasteiger partial charge in [0.15, 0.2) is 0 Å². The number of nitrogens with one attached hydrogen (secondary N) is 1. The number of benzene rings is 1. The number of aromatic nitrogens is 3. The lowest BCUT2D eigenvalue weighted by Gasteiger charge is -2.35. The molecule has 1 atom stereocenters. The SMILES string of the molecule is CCn1c(Nc2cccc([C@H]3CN(C(=O)C4CCCCC4)CCO3)n2)nc2ccccc21. The Hall–Kier alpha value is -2.93. The third-order valence-corrected chi connectivity index (χ3v) is 6.64. The quantitative estimate of drug-likeness (QED) is 0.633. The van der Waals surface area contributed by atoms with Crippen LogP contribution in [-0.4, -0.2) is 45.0 Å². The maximum atomic E-state index is 13.0. The van der Waals surface area contributed by atoms with Crippen LogP contribution in [0.4, 0.5) is 11.8 Å². The van der Waals surface area contributed by atoms with E-state index in [4.69, 9.17) is 14.7 Å². The van der Waals surface area contributed by atoms with E-state index in [0.29, 0.717) is 25.6 Å². The van der Waals surface area contributed by atoms with Crippen LogP contribution in [0.15, 0.2) is 42.5 Å². The second-order valence-electron chi connectivity index (χ2n) is 8.72. The fraction of sp³-hybridized carbons (Fsp3) is 0.480. The highest BCUT2D eigenvalue weighted by Gasteiger charge is 2.31. The molecule has 168 valence electrons. The van der Waals surface area contributed by atoms with Gasteiger partial charge in [-0.2, -0.15) is 0 Å². The Morgan fingerprint density at radius 2 is 1.94 bits per heavy atom. The molecule has 3 aromatic rings. The van der Waals surface area contributed by atoms with E-state index in [2.05, 4.69) is 22.9 Å². The standard InChI is InChI=1S/C25H31N5O2/c1-2-30-21-13-7-6-11-19(21)27-25(30)28-23-14-8-12-20(26-23)22-17-29(15-16-32-22)24(31)18-9-4-3-5-10-18/h6-8,11-14,18,22H,2-5,9-10,15-17H2,1H3,(H,26,27,28)/t22-/m1/s1. The first kappa shape index (κ1) is 20.9. The smallest absolute Gasteiger partial charge is 0.225 e. The second kappa shape index (κ2) is 9.28. The van der Waals surface area contributed by atoms with Crippen molar-refractivity contribution in [2.75, 3.05) is 25.0 Å². The lowest BCUT2D eigenvalue weighted by molar-refractivity contribution is -0.144. The van der Waals surface area contributed by atoms with Gasteiger partial charge in [0.05, 0.1) is 29.9 Å². The molecule has 0 radical (unpaired) electrons. The van der Waals surface area contributed by atoms with Crippen molar-refractivity contribution >= 4 is 28.7 Å². The first-order valence-electron chi connectivity index (χ1n) is 11.8. The monoisotopic (exact) mass is 433 g/mol. The summed E-state index contributed by atoms with van der Waals surface area (Å²) in [6, 6.07) is 14.0. The van der Waals surface area contributed by atoms with Crippen molar-refractivity contribution in [3.8, 4) is 0 Å². The molecule has 7 nitrogen and oxygen atoms in total. The zero-order valence-electron chi connectivity index (χ0n) is 18.7. The van der Waals surface area contributed by atoms with Gasteiger partial charge >= 0.3 is 0 Å². The van der Waals surface area contributed by atoms with Gasteiger partial charge in [-0.3, -0.25) is 4.79 Å². The predicted octanol–water partition coefficient (Wildman–Crippen LogP) is 4.68. The molecule has 0 unspecified atom stereocenters. The number of hydrogen-bond donors (Lipinski definition) is 1. The summed E-state index contributed by atoms with van der Waals surface area (Å²) in [6.45, 7) is 4.71. The van der Waals surface area contributed by atoms with Crippen LogP contribution in [0, 0.1) is 5.92 Å². The van der Waals surface area contributed by atoms with Crippen LogP contribution in [-0.2, 0) is 16.1 Å². The van der Waals surface area contributed by atoms with Crippen molar-refractivity contribution < 1.29 is 9.53 Å². The van der Waals surface area contributed by atoms with Gasteiger partial charge in [0, 0.05) is 19.0 Å². The zero-order chi connectivity index (χ0) is 21.9. The zero-order valence-corrected chi connectivity index (χ0v) is 18.7. The average molecular weight is 434 g/mol. The number of anilines is 2. The van der Waals surface area contributed by atoms with Crippen molar-refractivity contribution in [3.63, 3.8) is 0 Å². The van der Waals surface area contributed by atoms with Crippen molar-refractivity contribution in [2.24, 2.45) is 5.92 Å². The van der Waals surface area contributed by atoms with Crippen molar-refractivity contribution in [2.45, 2.75) is 51.7 Å². The van der Waals surface area contributed by atoms with Gasteiger partial charge in [0.25, 0.3) is 0 Å². The maximum absolute atomic E-state index is 13.0. The number of ether oxygens (including phenoxy) is 1. The number of morpholine rings is 1. The van der Waals surface area contributed by atoms with Gasteiger partial charge in [-0.05, 0) is 44.0 Å². The Bertz CT molecular complexity index is 1090. The number of rotatable bonds is 5.